The van der Waals surface area contributed by atoms with Crippen molar-refractivity contribution in [1.29, 1.82) is 0 Å². The first-order valence-corrected chi connectivity index (χ1v) is 6.62. The number of hydrogen-bond acceptors (Lipinski definition) is 2. The predicted octanol–water partition coefficient (Wildman–Crippen LogP) is 3.07. The van der Waals surface area contributed by atoms with Gasteiger partial charge in [0, 0.05) is 5.69 Å². The van der Waals surface area contributed by atoms with E-state index in [4.69, 9.17) is 0 Å². The van der Waals surface area contributed by atoms with Gasteiger partial charge in [0.15, 0.2) is 0 Å². The summed E-state index contributed by atoms with van der Waals surface area (Å²) < 4.78 is 26.4. The summed E-state index contributed by atoms with van der Waals surface area (Å²) >= 11 is 0. The lowest BCUT2D eigenvalue weighted by molar-refractivity contribution is 0.607. The Labute approximate surface area is 102 Å². The number of sulfonamides is 1. The third kappa shape index (κ3) is 3.92. The lowest BCUT2D eigenvalue weighted by Gasteiger charge is -2.07. The van der Waals surface area contributed by atoms with Gasteiger partial charge in [0.05, 0.1) is 4.91 Å². The molecular weight excluding hydrogens is 234 g/mol. The number of hydrogen-bond donors (Lipinski definition) is 1. The van der Waals surface area contributed by atoms with E-state index < -0.39 is 10.0 Å². The van der Waals surface area contributed by atoms with Crippen LogP contribution in [0.3, 0.4) is 0 Å². The van der Waals surface area contributed by atoms with Crippen LogP contribution in [0.25, 0.3) is 0 Å². The second-order valence-corrected chi connectivity index (χ2v) is 4.94. The van der Waals surface area contributed by atoms with Crippen LogP contribution in [0, 0.1) is 0 Å². The molecule has 0 bridgehead atoms. The van der Waals surface area contributed by atoms with Crippen LogP contribution < -0.4 is 4.72 Å². The molecule has 0 saturated heterocycles. The van der Waals surface area contributed by atoms with E-state index in [1.807, 2.05) is 6.07 Å². The minimum atomic E-state index is -3.52. The fraction of sp³-hybridized carbons (Fsp3) is 0.0769. The van der Waals surface area contributed by atoms with Gasteiger partial charge in [-0.3, -0.25) is 4.72 Å². The molecule has 4 heteroatoms. The van der Waals surface area contributed by atoms with Crippen molar-refractivity contribution < 1.29 is 8.42 Å². The molecule has 90 valence electrons. The van der Waals surface area contributed by atoms with Gasteiger partial charge in [0.2, 0.25) is 0 Å². The van der Waals surface area contributed by atoms with Crippen molar-refractivity contribution >= 4 is 15.7 Å². The molecule has 3 nitrogen and oxygen atoms in total. The van der Waals surface area contributed by atoms with Crippen molar-refractivity contribution in [2.24, 2.45) is 0 Å². The molecule has 0 heterocycles. The quantitative estimate of drug-likeness (QED) is 0.815. The first kappa shape index (κ1) is 13.3. The van der Waals surface area contributed by atoms with E-state index in [1.165, 1.54) is 18.2 Å². The van der Waals surface area contributed by atoms with Gasteiger partial charge in [0.25, 0.3) is 10.0 Å². The van der Waals surface area contributed by atoms with Crippen LogP contribution in [0.1, 0.15) is 6.92 Å². The minimum Gasteiger partial charge on any atom is -0.280 e. The maximum absolute atomic E-state index is 12.0. The number of anilines is 1. The zero-order chi connectivity index (χ0) is 12.7. The van der Waals surface area contributed by atoms with Gasteiger partial charge >= 0.3 is 0 Å². The first-order chi connectivity index (χ1) is 8.10. The van der Waals surface area contributed by atoms with Crippen molar-refractivity contribution in [3.8, 4) is 0 Å². The van der Waals surface area contributed by atoms with Gasteiger partial charge in [-0.15, -0.1) is 0 Å². The molecule has 0 spiro atoms. The van der Waals surface area contributed by atoms with Crippen molar-refractivity contribution in [2.45, 2.75) is 6.92 Å². The molecule has 0 radical (unpaired) electrons. The molecule has 0 amide bonds. The Balaban J connectivity index is 2.96. The maximum Gasteiger partial charge on any atom is 0.261 e. The highest BCUT2D eigenvalue weighted by molar-refractivity contribution is 7.96. The summed E-state index contributed by atoms with van der Waals surface area (Å²) in [6.45, 7) is 5.18. The Morgan fingerprint density at radius 2 is 1.94 bits per heavy atom. The molecule has 1 aromatic rings. The van der Waals surface area contributed by atoms with Crippen LogP contribution >= 0.6 is 0 Å². The van der Waals surface area contributed by atoms with E-state index in [-0.39, 0.29) is 4.91 Å². The monoisotopic (exact) mass is 249 g/mol. The standard InChI is InChI=1S/C13H15NO2S/c1-3-5-11-13(4-2)17(15,16)14-12-9-7-6-8-10-12/h3-11,14H,1H2,2H3/b11-5-,13-4+. The number of benzene rings is 1. The smallest absolute Gasteiger partial charge is 0.261 e. The molecule has 17 heavy (non-hydrogen) atoms. The fourth-order valence-corrected chi connectivity index (χ4v) is 2.36. The zero-order valence-electron chi connectivity index (χ0n) is 9.63. The molecule has 0 saturated carbocycles. The molecule has 0 aliphatic rings. The van der Waals surface area contributed by atoms with Crippen molar-refractivity contribution in [3.63, 3.8) is 0 Å². The average molecular weight is 249 g/mol. The molecule has 0 unspecified atom stereocenters. The van der Waals surface area contributed by atoms with Crippen LogP contribution in [0.4, 0.5) is 5.69 Å². The first-order valence-electron chi connectivity index (χ1n) is 5.13. The lowest BCUT2D eigenvalue weighted by Crippen LogP contribution is -2.13. The van der Waals surface area contributed by atoms with Gasteiger partial charge in [-0.2, -0.15) is 0 Å². The van der Waals surface area contributed by atoms with E-state index in [1.54, 1.807) is 37.3 Å². The second kappa shape index (κ2) is 6.06. The van der Waals surface area contributed by atoms with Crippen LogP contribution in [0.15, 0.2) is 66.1 Å². The van der Waals surface area contributed by atoms with Gasteiger partial charge < -0.3 is 0 Å². The van der Waals surface area contributed by atoms with Crippen LogP contribution in [0.5, 0.6) is 0 Å². The van der Waals surface area contributed by atoms with Crippen molar-refractivity contribution in [2.75, 3.05) is 4.72 Å². The van der Waals surface area contributed by atoms with Crippen LogP contribution in [-0.4, -0.2) is 8.42 Å². The molecule has 1 aromatic carbocycles. The third-order valence-corrected chi connectivity index (χ3v) is 3.51. The van der Waals surface area contributed by atoms with Crippen LogP contribution in [0.2, 0.25) is 0 Å². The highest BCUT2D eigenvalue weighted by Crippen LogP contribution is 2.14. The molecular formula is C13H15NO2S. The minimum absolute atomic E-state index is 0.209. The number of nitrogens with one attached hydrogen (secondary N) is 1. The molecule has 0 fully saturated rings. The summed E-state index contributed by atoms with van der Waals surface area (Å²) in [4.78, 5) is 0.209. The Morgan fingerprint density at radius 1 is 1.29 bits per heavy atom. The second-order valence-electron chi connectivity index (χ2n) is 3.26. The van der Waals surface area contributed by atoms with E-state index in [0.717, 1.165) is 0 Å². The summed E-state index contributed by atoms with van der Waals surface area (Å²) in [5, 5.41) is 0. The number of allylic oxidation sites excluding steroid dienone is 4. The number of rotatable bonds is 5. The van der Waals surface area contributed by atoms with Crippen molar-refractivity contribution in [1.82, 2.24) is 0 Å². The average Bonchev–Trinajstić information content (AvgIpc) is 2.30. The Bertz CT molecular complexity index is 528. The van der Waals surface area contributed by atoms with E-state index in [2.05, 4.69) is 11.3 Å². The summed E-state index contributed by atoms with van der Waals surface area (Å²) in [5.74, 6) is 0. The highest BCUT2D eigenvalue weighted by atomic mass is 32.2. The van der Waals surface area contributed by atoms with Gasteiger partial charge in [-0.25, -0.2) is 8.42 Å². The summed E-state index contributed by atoms with van der Waals surface area (Å²) in [5.41, 5.74) is 0.541. The van der Waals surface area contributed by atoms with Gasteiger partial charge in [0.1, 0.15) is 0 Å². The SMILES string of the molecule is C=C/C=C\C(=C/C)S(=O)(=O)Nc1ccccc1. The summed E-state index contributed by atoms with van der Waals surface area (Å²) in [7, 11) is -3.52. The van der Waals surface area contributed by atoms with Gasteiger partial charge in [-0.1, -0.05) is 43.0 Å². The van der Waals surface area contributed by atoms with Crippen LogP contribution in [-0.2, 0) is 10.0 Å². The molecule has 0 aromatic heterocycles. The fourth-order valence-electron chi connectivity index (χ4n) is 1.22. The Kier molecular flexibility index (Phi) is 4.72. The summed E-state index contributed by atoms with van der Waals surface area (Å²) in [6.07, 6.45) is 6.14. The zero-order valence-corrected chi connectivity index (χ0v) is 10.4. The third-order valence-electron chi connectivity index (χ3n) is 2.02. The highest BCUT2D eigenvalue weighted by Gasteiger charge is 2.13. The largest absolute Gasteiger partial charge is 0.280 e. The number of para-hydroxylation sites is 1. The van der Waals surface area contributed by atoms with Crippen molar-refractivity contribution in [3.05, 3.63) is 66.1 Å². The normalized spacial score (nSPS) is 12.6. The topological polar surface area (TPSA) is 46.2 Å². The summed E-state index contributed by atoms with van der Waals surface area (Å²) in [6, 6.07) is 8.76. The Hall–Kier alpha value is -1.81. The molecule has 0 aliphatic heterocycles. The maximum atomic E-state index is 12.0. The lowest BCUT2D eigenvalue weighted by atomic mass is 10.3. The van der Waals surface area contributed by atoms with Gasteiger partial charge in [-0.05, 0) is 25.1 Å². The van der Waals surface area contributed by atoms with E-state index in [0.29, 0.717) is 5.69 Å². The molecule has 1 rings (SSSR count). The molecule has 1 N–H and O–H groups in total. The Morgan fingerprint density at radius 3 is 2.47 bits per heavy atom. The molecule has 0 aliphatic carbocycles. The molecule has 0 atom stereocenters. The van der Waals surface area contributed by atoms with E-state index >= 15 is 0 Å². The van der Waals surface area contributed by atoms with E-state index in [9.17, 15) is 8.42 Å². The predicted molar refractivity (Wildman–Crippen MR) is 72.1 cm³/mol.